The minimum atomic E-state index is 0.707. The molecule has 1 heteroatoms. The fourth-order valence-electron chi connectivity index (χ4n) is 2.61. The van der Waals surface area contributed by atoms with Crippen molar-refractivity contribution in [2.75, 3.05) is 13.2 Å². The van der Waals surface area contributed by atoms with E-state index in [-0.39, 0.29) is 0 Å². The van der Waals surface area contributed by atoms with Gasteiger partial charge in [0.1, 0.15) is 0 Å². The summed E-state index contributed by atoms with van der Waals surface area (Å²) >= 11 is 0. The molecule has 0 saturated carbocycles. The van der Waals surface area contributed by atoms with E-state index in [0.29, 0.717) is 5.92 Å². The Morgan fingerprint density at radius 2 is 1.87 bits per heavy atom. The Hall–Kier alpha value is -0.820. The van der Waals surface area contributed by atoms with Crippen LogP contribution in [0.3, 0.4) is 0 Å². The van der Waals surface area contributed by atoms with E-state index in [4.69, 9.17) is 4.74 Å². The molecule has 1 saturated heterocycles. The molecule has 0 aliphatic carbocycles. The highest BCUT2D eigenvalue weighted by Crippen LogP contribution is 2.34. The molecule has 2 unspecified atom stereocenters. The van der Waals surface area contributed by atoms with Crippen LogP contribution in [0.2, 0.25) is 0 Å². The van der Waals surface area contributed by atoms with Gasteiger partial charge >= 0.3 is 0 Å². The third kappa shape index (κ3) is 2.60. The highest BCUT2D eigenvalue weighted by atomic mass is 16.5. The van der Waals surface area contributed by atoms with Crippen LogP contribution in [0.25, 0.3) is 0 Å². The summed E-state index contributed by atoms with van der Waals surface area (Å²) in [4.78, 5) is 0. The van der Waals surface area contributed by atoms with Crippen molar-refractivity contribution in [3.8, 4) is 0 Å². The SMILES string of the molecule is CCC1CCOCCC1c1ccccc1. The summed E-state index contributed by atoms with van der Waals surface area (Å²) < 4.78 is 5.58. The first kappa shape index (κ1) is 10.7. The standard InChI is InChI=1S/C14H20O/c1-2-12-8-10-15-11-9-14(12)13-6-4-3-5-7-13/h3-7,12,14H,2,8-11H2,1H3. The third-order valence-electron chi connectivity index (χ3n) is 3.53. The van der Waals surface area contributed by atoms with E-state index in [0.717, 1.165) is 19.1 Å². The molecular weight excluding hydrogens is 184 g/mol. The predicted octanol–water partition coefficient (Wildman–Crippen LogP) is 3.61. The molecule has 0 N–H and O–H groups in total. The largest absolute Gasteiger partial charge is 0.381 e. The van der Waals surface area contributed by atoms with Gasteiger partial charge in [0.25, 0.3) is 0 Å². The molecule has 82 valence electrons. The van der Waals surface area contributed by atoms with E-state index in [9.17, 15) is 0 Å². The molecule has 1 heterocycles. The second-order valence-corrected chi connectivity index (χ2v) is 4.38. The molecule has 1 nitrogen and oxygen atoms in total. The third-order valence-corrected chi connectivity index (χ3v) is 3.53. The van der Waals surface area contributed by atoms with Gasteiger partial charge in [0.05, 0.1) is 0 Å². The van der Waals surface area contributed by atoms with E-state index in [1.54, 1.807) is 0 Å². The lowest BCUT2D eigenvalue weighted by molar-refractivity contribution is 0.141. The molecule has 0 radical (unpaired) electrons. The zero-order chi connectivity index (χ0) is 10.5. The van der Waals surface area contributed by atoms with Crippen LogP contribution < -0.4 is 0 Å². The summed E-state index contributed by atoms with van der Waals surface area (Å²) in [5.74, 6) is 1.51. The Kier molecular flexibility index (Phi) is 3.79. The Balaban J connectivity index is 2.16. The van der Waals surface area contributed by atoms with E-state index in [1.807, 2.05) is 0 Å². The van der Waals surface area contributed by atoms with Gasteiger partial charge in [0.15, 0.2) is 0 Å². The summed E-state index contributed by atoms with van der Waals surface area (Å²) in [6.07, 6.45) is 3.67. The lowest BCUT2D eigenvalue weighted by atomic mass is 9.81. The van der Waals surface area contributed by atoms with Gasteiger partial charge in [0.2, 0.25) is 0 Å². The van der Waals surface area contributed by atoms with Gasteiger partial charge in [-0.1, -0.05) is 43.7 Å². The van der Waals surface area contributed by atoms with E-state index in [2.05, 4.69) is 37.3 Å². The minimum absolute atomic E-state index is 0.707. The smallest absolute Gasteiger partial charge is 0.0471 e. The Bertz CT molecular complexity index is 281. The fourth-order valence-corrected chi connectivity index (χ4v) is 2.61. The average Bonchev–Trinajstić information content (AvgIpc) is 2.55. The lowest BCUT2D eigenvalue weighted by Gasteiger charge is -2.23. The molecule has 15 heavy (non-hydrogen) atoms. The van der Waals surface area contributed by atoms with Crippen LogP contribution in [0.4, 0.5) is 0 Å². The molecule has 1 aromatic carbocycles. The molecule has 0 bridgehead atoms. The average molecular weight is 204 g/mol. The van der Waals surface area contributed by atoms with Crippen molar-refractivity contribution in [2.24, 2.45) is 5.92 Å². The van der Waals surface area contributed by atoms with Gasteiger partial charge in [-0.3, -0.25) is 0 Å². The summed E-state index contributed by atoms with van der Waals surface area (Å²) in [5, 5.41) is 0. The quantitative estimate of drug-likeness (QED) is 0.715. The monoisotopic (exact) mass is 204 g/mol. The van der Waals surface area contributed by atoms with Crippen molar-refractivity contribution >= 4 is 0 Å². The van der Waals surface area contributed by atoms with Crippen molar-refractivity contribution in [1.82, 2.24) is 0 Å². The molecule has 1 aliphatic rings. The van der Waals surface area contributed by atoms with Crippen LogP contribution in [-0.2, 0) is 4.74 Å². The fraction of sp³-hybridized carbons (Fsp3) is 0.571. The molecule has 1 aliphatic heterocycles. The van der Waals surface area contributed by atoms with Crippen LogP contribution in [0.5, 0.6) is 0 Å². The van der Waals surface area contributed by atoms with Crippen molar-refractivity contribution in [2.45, 2.75) is 32.1 Å². The maximum Gasteiger partial charge on any atom is 0.0471 e. The minimum Gasteiger partial charge on any atom is -0.381 e. The normalized spacial score (nSPS) is 27.3. The number of benzene rings is 1. The second kappa shape index (κ2) is 5.32. The maximum absolute atomic E-state index is 5.58. The Morgan fingerprint density at radius 1 is 1.13 bits per heavy atom. The molecular formula is C14H20O. The number of rotatable bonds is 2. The van der Waals surface area contributed by atoms with Gasteiger partial charge in [0, 0.05) is 13.2 Å². The molecule has 1 fully saturated rings. The Labute approximate surface area is 92.5 Å². The van der Waals surface area contributed by atoms with Crippen molar-refractivity contribution < 1.29 is 4.74 Å². The van der Waals surface area contributed by atoms with Gasteiger partial charge in [-0.2, -0.15) is 0 Å². The first-order valence-corrected chi connectivity index (χ1v) is 6.04. The summed E-state index contributed by atoms with van der Waals surface area (Å²) in [6.45, 7) is 4.17. The highest BCUT2D eigenvalue weighted by molar-refractivity contribution is 5.20. The first-order valence-electron chi connectivity index (χ1n) is 6.04. The van der Waals surface area contributed by atoms with Crippen LogP contribution in [0, 0.1) is 5.92 Å². The van der Waals surface area contributed by atoms with E-state index >= 15 is 0 Å². The molecule has 2 atom stereocenters. The van der Waals surface area contributed by atoms with Gasteiger partial charge in [-0.05, 0) is 30.2 Å². The van der Waals surface area contributed by atoms with E-state index in [1.165, 1.54) is 24.8 Å². The lowest BCUT2D eigenvalue weighted by Crippen LogP contribution is -2.11. The van der Waals surface area contributed by atoms with Crippen molar-refractivity contribution in [3.05, 3.63) is 35.9 Å². The summed E-state index contributed by atoms with van der Waals surface area (Å²) in [5.41, 5.74) is 1.50. The van der Waals surface area contributed by atoms with Crippen molar-refractivity contribution in [1.29, 1.82) is 0 Å². The second-order valence-electron chi connectivity index (χ2n) is 4.38. The van der Waals surface area contributed by atoms with Crippen LogP contribution in [-0.4, -0.2) is 13.2 Å². The maximum atomic E-state index is 5.58. The number of hydrogen-bond donors (Lipinski definition) is 0. The van der Waals surface area contributed by atoms with Crippen LogP contribution >= 0.6 is 0 Å². The van der Waals surface area contributed by atoms with Crippen LogP contribution in [0.15, 0.2) is 30.3 Å². The van der Waals surface area contributed by atoms with E-state index < -0.39 is 0 Å². The number of hydrogen-bond acceptors (Lipinski definition) is 1. The van der Waals surface area contributed by atoms with Gasteiger partial charge < -0.3 is 4.74 Å². The molecule has 0 spiro atoms. The first-order chi connectivity index (χ1) is 7.42. The van der Waals surface area contributed by atoms with Crippen LogP contribution in [0.1, 0.15) is 37.7 Å². The Morgan fingerprint density at radius 3 is 2.60 bits per heavy atom. The summed E-state index contributed by atoms with van der Waals surface area (Å²) in [7, 11) is 0. The summed E-state index contributed by atoms with van der Waals surface area (Å²) in [6, 6.07) is 10.9. The topological polar surface area (TPSA) is 9.23 Å². The highest BCUT2D eigenvalue weighted by Gasteiger charge is 2.23. The zero-order valence-corrected chi connectivity index (χ0v) is 9.49. The predicted molar refractivity (Wildman–Crippen MR) is 63.0 cm³/mol. The van der Waals surface area contributed by atoms with Gasteiger partial charge in [-0.25, -0.2) is 0 Å². The number of ether oxygens (including phenoxy) is 1. The van der Waals surface area contributed by atoms with Gasteiger partial charge in [-0.15, -0.1) is 0 Å². The molecule has 1 aromatic rings. The van der Waals surface area contributed by atoms with Crippen molar-refractivity contribution in [3.63, 3.8) is 0 Å². The zero-order valence-electron chi connectivity index (χ0n) is 9.49. The molecule has 2 rings (SSSR count). The molecule has 0 amide bonds. The molecule has 0 aromatic heterocycles.